The second-order valence-electron chi connectivity index (χ2n) is 5.01. The van der Waals surface area contributed by atoms with E-state index in [0.717, 1.165) is 29.9 Å². The number of carbonyl (C=O) groups is 1. The van der Waals surface area contributed by atoms with Crippen molar-refractivity contribution in [2.75, 3.05) is 16.9 Å². The monoisotopic (exact) mass is 267 g/mol. The minimum atomic E-state index is 0.0432. The van der Waals surface area contributed by atoms with Crippen LogP contribution in [0.5, 0.6) is 0 Å². The summed E-state index contributed by atoms with van der Waals surface area (Å²) >= 11 is 0. The number of hydrazine groups is 1. The highest BCUT2D eigenvalue weighted by molar-refractivity contribution is 6.07. The summed E-state index contributed by atoms with van der Waals surface area (Å²) in [7, 11) is 0. The van der Waals surface area contributed by atoms with E-state index in [4.69, 9.17) is 5.84 Å². The number of hydrogen-bond acceptors (Lipinski definition) is 3. The van der Waals surface area contributed by atoms with Gasteiger partial charge in [0.2, 0.25) is 0 Å². The number of fused-ring (bicyclic) bond motifs is 1. The molecule has 0 atom stereocenters. The predicted octanol–water partition coefficient (Wildman–Crippen LogP) is 2.48. The average Bonchev–Trinajstić information content (AvgIpc) is 2.90. The van der Waals surface area contributed by atoms with Gasteiger partial charge in [0.15, 0.2) is 0 Å². The van der Waals surface area contributed by atoms with Crippen molar-refractivity contribution < 1.29 is 4.79 Å². The minimum Gasteiger partial charge on any atom is -0.324 e. The Kier molecular flexibility index (Phi) is 3.16. The Labute approximate surface area is 118 Å². The van der Waals surface area contributed by atoms with E-state index in [9.17, 15) is 4.79 Å². The molecule has 102 valence electrons. The van der Waals surface area contributed by atoms with E-state index >= 15 is 0 Å². The van der Waals surface area contributed by atoms with Crippen molar-refractivity contribution in [3.63, 3.8) is 0 Å². The number of nitrogens with two attached hydrogens (primary N) is 1. The van der Waals surface area contributed by atoms with Crippen molar-refractivity contribution in [2.45, 2.75) is 13.3 Å². The Morgan fingerprint density at radius 1 is 1.25 bits per heavy atom. The Morgan fingerprint density at radius 2 is 2.05 bits per heavy atom. The zero-order chi connectivity index (χ0) is 14.1. The molecule has 0 fully saturated rings. The van der Waals surface area contributed by atoms with Gasteiger partial charge in [-0.3, -0.25) is 10.6 Å². The standard InChI is InChI=1S/C16H17N3O/c1-11-10-13(6-7-14(11)18-17)16(20)19-9-8-12-4-2-3-5-15(12)19/h2-7,10,18H,8-9,17H2,1H3. The van der Waals surface area contributed by atoms with E-state index in [0.29, 0.717) is 5.56 Å². The number of nitrogens with zero attached hydrogens (tertiary/aromatic N) is 1. The van der Waals surface area contributed by atoms with Crippen LogP contribution >= 0.6 is 0 Å². The van der Waals surface area contributed by atoms with Gasteiger partial charge in [0.1, 0.15) is 0 Å². The lowest BCUT2D eigenvalue weighted by atomic mass is 10.1. The average molecular weight is 267 g/mol. The van der Waals surface area contributed by atoms with Crippen molar-refractivity contribution in [1.29, 1.82) is 0 Å². The van der Waals surface area contributed by atoms with Crippen LogP contribution < -0.4 is 16.2 Å². The van der Waals surface area contributed by atoms with Crippen molar-refractivity contribution in [3.8, 4) is 0 Å². The topological polar surface area (TPSA) is 58.4 Å². The van der Waals surface area contributed by atoms with Crippen molar-refractivity contribution in [3.05, 3.63) is 59.2 Å². The van der Waals surface area contributed by atoms with Crippen LogP contribution in [-0.2, 0) is 6.42 Å². The molecule has 4 heteroatoms. The molecule has 2 aromatic rings. The van der Waals surface area contributed by atoms with Crippen LogP contribution in [0.15, 0.2) is 42.5 Å². The van der Waals surface area contributed by atoms with Gasteiger partial charge in [-0.15, -0.1) is 0 Å². The van der Waals surface area contributed by atoms with Gasteiger partial charge in [-0.25, -0.2) is 0 Å². The van der Waals surface area contributed by atoms with E-state index < -0.39 is 0 Å². The molecule has 3 rings (SSSR count). The van der Waals surface area contributed by atoms with Gasteiger partial charge in [-0.2, -0.15) is 0 Å². The lowest BCUT2D eigenvalue weighted by Crippen LogP contribution is -2.29. The fourth-order valence-corrected chi connectivity index (χ4v) is 2.66. The number of nitrogen functional groups attached to an aromatic ring is 1. The number of benzene rings is 2. The van der Waals surface area contributed by atoms with Crippen LogP contribution in [0.1, 0.15) is 21.5 Å². The summed E-state index contributed by atoms with van der Waals surface area (Å²) in [4.78, 5) is 14.5. The summed E-state index contributed by atoms with van der Waals surface area (Å²) in [5.74, 6) is 5.46. The van der Waals surface area contributed by atoms with E-state index in [1.54, 1.807) is 0 Å². The second-order valence-corrected chi connectivity index (χ2v) is 5.01. The molecule has 1 aliphatic rings. The van der Waals surface area contributed by atoms with E-state index in [-0.39, 0.29) is 5.91 Å². The van der Waals surface area contributed by atoms with Gasteiger partial charge < -0.3 is 10.3 Å². The third-order valence-electron chi connectivity index (χ3n) is 3.76. The molecule has 0 saturated carbocycles. The Morgan fingerprint density at radius 3 is 2.80 bits per heavy atom. The molecule has 1 amide bonds. The Balaban J connectivity index is 1.93. The first-order valence-corrected chi connectivity index (χ1v) is 6.68. The largest absolute Gasteiger partial charge is 0.324 e. The Bertz CT molecular complexity index is 667. The SMILES string of the molecule is Cc1cc(C(=O)N2CCc3ccccc32)ccc1NN. The van der Waals surface area contributed by atoms with Gasteiger partial charge in [0, 0.05) is 17.8 Å². The molecule has 4 nitrogen and oxygen atoms in total. The quantitative estimate of drug-likeness (QED) is 0.649. The van der Waals surface area contributed by atoms with Gasteiger partial charge >= 0.3 is 0 Å². The smallest absolute Gasteiger partial charge is 0.258 e. The van der Waals surface area contributed by atoms with Crippen LogP contribution in [0.4, 0.5) is 11.4 Å². The summed E-state index contributed by atoms with van der Waals surface area (Å²) in [5, 5.41) is 0. The highest BCUT2D eigenvalue weighted by Gasteiger charge is 2.25. The highest BCUT2D eigenvalue weighted by atomic mass is 16.2. The molecule has 0 spiro atoms. The van der Waals surface area contributed by atoms with Crippen molar-refractivity contribution in [1.82, 2.24) is 0 Å². The number of amides is 1. The highest BCUT2D eigenvalue weighted by Crippen LogP contribution is 2.29. The van der Waals surface area contributed by atoms with E-state index in [1.165, 1.54) is 5.56 Å². The maximum Gasteiger partial charge on any atom is 0.258 e. The summed E-state index contributed by atoms with van der Waals surface area (Å²) < 4.78 is 0. The van der Waals surface area contributed by atoms with E-state index in [2.05, 4.69) is 11.5 Å². The molecule has 1 heterocycles. The van der Waals surface area contributed by atoms with Crippen LogP contribution in [0, 0.1) is 6.92 Å². The number of para-hydroxylation sites is 1. The first kappa shape index (κ1) is 12.7. The summed E-state index contributed by atoms with van der Waals surface area (Å²) in [5.41, 5.74) is 7.37. The van der Waals surface area contributed by atoms with Crippen LogP contribution in [-0.4, -0.2) is 12.5 Å². The minimum absolute atomic E-state index is 0.0432. The maximum atomic E-state index is 12.6. The van der Waals surface area contributed by atoms with Crippen LogP contribution in [0.2, 0.25) is 0 Å². The molecular formula is C16H17N3O. The Hall–Kier alpha value is -2.33. The molecule has 0 aromatic heterocycles. The molecule has 2 aromatic carbocycles. The lowest BCUT2D eigenvalue weighted by Gasteiger charge is -2.18. The summed E-state index contributed by atoms with van der Waals surface area (Å²) in [6.45, 7) is 2.68. The molecule has 0 saturated heterocycles. The van der Waals surface area contributed by atoms with Crippen molar-refractivity contribution >= 4 is 17.3 Å². The number of anilines is 2. The molecule has 3 N–H and O–H groups in total. The normalized spacial score (nSPS) is 13.2. The fraction of sp³-hybridized carbons (Fsp3) is 0.188. The van der Waals surface area contributed by atoms with Gasteiger partial charge in [0.05, 0.1) is 5.69 Å². The summed E-state index contributed by atoms with van der Waals surface area (Å²) in [6.07, 6.45) is 0.920. The zero-order valence-electron chi connectivity index (χ0n) is 11.4. The zero-order valence-corrected chi connectivity index (χ0v) is 11.4. The first-order valence-electron chi connectivity index (χ1n) is 6.68. The molecular weight excluding hydrogens is 250 g/mol. The van der Waals surface area contributed by atoms with Crippen molar-refractivity contribution in [2.24, 2.45) is 5.84 Å². The van der Waals surface area contributed by atoms with Crippen LogP contribution in [0.25, 0.3) is 0 Å². The molecule has 0 radical (unpaired) electrons. The molecule has 1 aliphatic heterocycles. The van der Waals surface area contributed by atoms with Gasteiger partial charge in [0.25, 0.3) is 5.91 Å². The summed E-state index contributed by atoms with van der Waals surface area (Å²) in [6, 6.07) is 13.6. The number of nitrogens with one attached hydrogen (secondary N) is 1. The van der Waals surface area contributed by atoms with Crippen LogP contribution in [0.3, 0.4) is 0 Å². The second kappa shape index (κ2) is 4.98. The number of rotatable bonds is 2. The number of carbonyl (C=O) groups excluding carboxylic acids is 1. The van der Waals surface area contributed by atoms with E-state index in [1.807, 2.05) is 48.2 Å². The lowest BCUT2D eigenvalue weighted by molar-refractivity contribution is 0.0989. The molecule has 0 unspecified atom stereocenters. The maximum absolute atomic E-state index is 12.6. The number of hydrogen-bond donors (Lipinski definition) is 2. The molecule has 0 aliphatic carbocycles. The van der Waals surface area contributed by atoms with Gasteiger partial charge in [-0.1, -0.05) is 18.2 Å². The first-order chi connectivity index (χ1) is 9.70. The third-order valence-corrected chi connectivity index (χ3v) is 3.76. The fourth-order valence-electron chi connectivity index (χ4n) is 2.66. The number of aryl methyl sites for hydroxylation is 1. The van der Waals surface area contributed by atoms with Gasteiger partial charge in [-0.05, 0) is 48.7 Å². The molecule has 20 heavy (non-hydrogen) atoms. The predicted molar refractivity (Wildman–Crippen MR) is 80.8 cm³/mol. The third kappa shape index (κ3) is 2.04. The molecule has 0 bridgehead atoms.